The van der Waals surface area contributed by atoms with Gasteiger partial charge in [0.15, 0.2) is 0 Å². The number of carbonyl (C=O) groups excluding carboxylic acids is 4. The largest absolute Gasteiger partial charge is 0.493 e. The second kappa shape index (κ2) is 15.3. The minimum Gasteiger partial charge on any atom is -0.493 e. The van der Waals surface area contributed by atoms with Gasteiger partial charge in [0.1, 0.15) is 23.4 Å². The van der Waals surface area contributed by atoms with Gasteiger partial charge in [-0.1, -0.05) is 36.4 Å². The Kier molecular flexibility index (Phi) is 11.5. The van der Waals surface area contributed by atoms with Crippen LogP contribution in [0.4, 0.5) is 9.59 Å². The maximum absolute atomic E-state index is 13.5. The first kappa shape index (κ1) is 34.6. The highest BCUT2D eigenvalue weighted by Crippen LogP contribution is 2.26. The molecule has 4 rings (SSSR count). The van der Waals surface area contributed by atoms with Crippen LogP contribution >= 0.6 is 0 Å². The lowest BCUT2D eigenvalue weighted by molar-refractivity contribution is -0.139. The fourth-order valence-corrected chi connectivity index (χ4v) is 5.76. The van der Waals surface area contributed by atoms with Crippen molar-refractivity contribution in [2.24, 2.45) is 11.7 Å². The molecule has 46 heavy (non-hydrogen) atoms. The molecule has 2 saturated heterocycles. The summed E-state index contributed by atoms with van der Waals surface area (Å²) in [7, 11) is 0. The Hall–Kier alpha value is -4.28. The maximum atomic E-state index is 13.5. The van der Waals surface area contributed by atoms with Gasteiger partial charge in [0.25, 0.3) is 0 Å². The SMILES string of the molecule is CC(C)OC(=O)N1CCC(COc2ccc(-c3ccc(CC(NC(=O)OC(C)(C)C)C(=O)N4CCCC4C(N)=O)cc3)cc2)CC1. The van der Waals surface area contributed by atoms with E-state index in [4.69, 9.17) is 19.9 Å². The summed E-state index contributed by atoms with van der Waals surface area (Å²) >= 11 is 0. The molecule has 2 fully saturated rings. The molecule has 2 heterocycles. The molecule has 0 aliphatic carbocycles. The van der Waals surface area contributed by atoms with Gasteiger partial charge >= 0.3 is 12.2 Å². The van der Waals surface area contributed by atoms with Crippen molar-refractivity contribution in [2.75, 3.05) is 26.2 Å². The van der Waals surface area contributed by atoms with E-state index in [9.17, 15) is 19.2 Å². The summed E-state index contributed by atoms with van der Waals surface area (Å²) < 4.78 is 16.8. The number of rotatable bonds is 10. The summed E-state index contributed by atoms with van der Waals surface area (Å²) in [5.41, 5.74) is 7.67. The molecule has 0 spiro atoms. The van der Waals surface area contributed by atoms with Crippen molar-refractivity contribution in [1.82, 2.24) is 15.1 Å². The summed E-state index contributed by atoms with van der Waals surface area (Å²) in [5, 5.41) is 2.72. The molecule has 2 aromatic carbocycles. The third kappa shape index (κ3) is 9.86. The second-order valence-corrected chi connectivity index (χ2v) is 13.4. The summed E-state index contributed by atoms with van der Waals surface area (Å²) in [6.07, 6.45) is 2.10. The summed E-state index contributed by atoms with van der Waals surface area (Å²) in [6.45, 7) is 11.3. The number of carbonyl (C=O) groups is 4. The molecule has 2 aliphatic heterocycles. The first-order valence-corrected chi connectivity index (χ1v) is 16.2. The Morgan fingerprint density at radius 3 is 2.09 bits per heavy atom. The number of hydrogen-bond acceptors (Lipinski definition) is 7. The summed E-state index contributed by atoms with van der Waals surface area (Å²) in [5.74, 6) is 0.260. The van der Waals surface area contributed by atoms with E-state index in [1.54, 1.807) is 25.7 Å². The van der Waals surface area contributed by atoms with Gasteiger partial charge in [0, 0.05) is 26.1 Å². The van der Waals surface area contributed by atoms with Crippen LogP contribution in [0.15, 0.2) is 48.5 Å². The van der Waals surface area contributed by atoms with E-state index in [1.807, 2.05) is 62.4 Å². The average molecular weight is 637 g/mol. The second-order valence-electron chi connectivity index (χ2n) is 13.4. The predicted molar refractivity (Wildman–Crippen MR) is 174 cm³/mol. The molecule has 2 aliphatic rings. The van der Waals surface area contributed by atoms with Gasteiger partial charge in [0.2, 0.25) is 11.8 Å². The van der Waals surface area contributed by atoms with Gasteiger partial charge in [-0.3, -0.25) is 9.59 Å². The van der Waals surface area contributed by atoms with Crippen molar-refractivity contribution < 1.29 is 33.4 Å². The highest BCUT2D eigenvalue weighted by molar-refractivity contribution is 5.91. The van der Waals surface area contributed by atoms with E-state index in [0.29, 0.717) is 45.0 Å². The molecule has 11 nitrogen and oxygen atoms in total. The monoisotopic (exact) mass is 636 g/mol. The minimum absolute atomic E-state index is 0.121. The standard InChI is InChI=1S/C35H48N4O7/c1-23(2)45-34(43)38-19-16-25(17-20-38)22-44-28-14-12-27(13-15-28)26-10-8-24(9-11-26)21-29(37-33(42)46-35(3,4)5)32(41)39-18-6-7-30(39)31(36)40/h8-15,23,25,29-30H,6-7,16-22H2,1-5H3,(H2,36,40)(H,37,42). The number of primary amides is 1. The third-order valence-electron chi connectivity index (χ3n) is 8.13. The van der Waals surface area contributed by atoms with Crippen LogP contribution in [0.5, 0.6) is 5.75 Å². The van der Waals surface area contributed by atoms with Crippen LogP contribution in [-0.2, 0) is 25.5 Å². The molecule has 11 heteroatoms. The number of piperidine rings is 1. The lowest BCUT2D eigenvalue weighted by Crippen LogP contribution is -2.54. The molecular weight excluding hydrogens is 588 g/mol. The third-order valence-corrected chi connectivity index (χ3v) is 8.13. The smallest absolute Gasteiger partial charge is 0.410 e. The Morgan fingerprint density at radius 2 is 1.52 bits per heavy atom. The highest BCUT2D eigenvalue weighted by Gasteiger charge is 2.37. The normalized spacial score (nSPS) is 17.8. The summed E-state index contributed by atoms with van der Waals surface area (Å²) in [4.78, 5) is 53.5. The van der Waals surface area contributed by atoms with Gasteiger partial charge in [-0.25, -0.2) is 9.59 Å². The van der Waals surface area contributed by atoms with Crippen LogP contribution in [0.25, 0.3) is 11.1 Å². The number of ether oxygens (including phenoxy) is 3. The zero-order valence-electron chi connectivity index (χ0n) is 27.6. The number of amides is 4. The molecule has 0 radical (unpaired) electrons. The lowest BCUT2D eigenvalue weighted by atomic mass is 9.98. The number of hydrogen-bond donors (Lipinski definition) is 2. The Bertz CT molecular complexity index is 1350. The van der Waals surface area contributed by atoms with Crippen molar-refractivity contribution in [2.45, 2.75) is 90.5 Å². The number of alkyl carbamates (subject to hydrolysis) is 1. The van der Waals surface area contributed by atoms with Gasteiger partial charge in [0.05, 0.1) is 12.7 Å². The number of nitrogens with zero attached hydrogens (tertiary/aromatic N) is 2. The zero-order valence-corrected chi connectivity index (χ0v) is 27.6. The number of nitrogens with two attached hydrogens (primary N) is 1. The number of benzene rings is 2. The highest BCUT2D eigenvalue weighted by atomic mass is 16.6. The molecule has 3 N–H and O–H groups in total. The van der Waals surface area contributed by atoms with Gasteiger partial charge in [-0.05, 0) is 95.0 Å². The topological polar surface area (TPSA) is 140 Å². The van der Waals surface area contributed by atoms with Gasteiger partial charge in [-0.2, -0.15) is 0 Å². The molecule has 250 valence electrons. The van der Waals surface area contributed by atoms with Crippen LogP contribution in [0.1, 0.15) is 65.9 Å². The Morgan fingerprint density at radius 1 is 0.913 bits per heavy atom. The van der Waals surface area contributed by atoms with Crippen LogP contribution < -0.4 is 15.8 Å². The molecule has 0 bridgehead atoms. The predicted octanol–water partition coefficient (Wildman–Crippen LogP) is 4.90. The van der Waals surface area contributed by atoms with Gasteiger partial charge < -0.3 is 35.1 Å². The fourth-order valence-electron chi connectivity index (χ4n) is 5.76. The molecule has 0 aromatic heterocycles. The number of nitrogens with one attached hydrogen (secondary N) is 1. The van der Waals surface area contributed by atoms with Gasteiger partial charge in [-0.15, -0.1) is 0 Å². The van der Waals surface area contributed by atoms with E-state index >= 15 is 0 Å². The molecule has 2 unspecified atom stereocenters. The van der Waals surface area contributed by atoms with Crippen LogP contribution in [-0.4, -0.2) is 83.8 Å². The van der Waals surface area contributed by atoms with E-state index < -0.39 is 29.7 Å². The maximum Gasteiger partial charge on any atom is 0.410 e. The van der Waals surface area contributed by atoms with Crippen molar-refractivity contribution in [3.63, 3.8) is 0 Å². The van der Waals surface area contributed by atoms with Crippen LogP contribution in [0.3, 0.4) is 0 Å². The summed E-state index contributed by atoms with van der Waals surface area (Å²) in [6, 6.07) is 14.1. The quantitative estimate of drug-likeness (QED) is 0.378. The van der Waals surface area contributed by atoms with E-state index in [-0.39, 0.29) is 24.5 Å². The molecule has 2 aromatic rings. The molecule has 4 amide bonds. The first-order chi connectivity index (χ1) is 21.8. The van der Waals surface area contributed by atoms with Crippen molar-refractivity contribution in [3.8, 4) is 16.9 Å². The minimum atomic E-state index is -0.918. The van der Waals surface area contributed by atoms with Crippen molar-refractivity contribution in [3.05, 3.63) is 54.1 Å². The van der Waals surface area contributed by atoms with Crippen LogP contribution in [0, 0.1) is 5.92 Å². The molecule has 2 atom stereocenters. The molecule has 0 saturated carbocycles. The Labute approximate surface area is 271 Å². The number of likely N-dealkylation sites (tertiary alicyclic amines) is 2. The van der Waals surface area contributed by atoms with Crippen LogP contribution in [0.2, 0.25) is 0 Å². The van der Waals surface area contributed by atoms with Crippen molar-refractivity contribution in [1.29, 1.82) is 0 Å². The van der Waals surface area contributed by atoms with E-state index in [0.717, 1.165) is 35.3 Å². The fraction of sp³-hybridized carbons (Fsp3) is 0.543. The van der Waals surface area contributed by atoms with E-state index in [1.165, 1.54) is 4.90 Å². The first-order valence-electron chi connectivity index (χ1n) is 16.2. The average Bonchev–Trinajstić information content (AvgIpc) is 3.50. The zero-order chi connectivity index (χ0) is 33.4. The molecular formula is C35H48N4O7. The lowest BCUT2D eigenvalue weighted by Gasteiger charge is -2.31. The van der Waals surface area contributed by atoms with E-state index in [2.05, 4.69) is 5.32 Å². The van der Waals surface area contributed by atoms with Crippen molar-refractivity contribution >= 4 is 24.0 Å². The Balaban J connectivity index is 1.34.